The second-order valence-corrected chi connectivity index (χ2v) is 10.1. The lowest BCUT2D eigenvalue weighted by molar-refractivity contribution is 0.280. The number of imidazole rings is 1. The number of hydrogen-bond acceptors (Lipinski definition) is 3. The van der Waals surface area contributed by atoms with Crippen LogP contribution in [0.3, 0.4) is 0 Å². The third-order valence-electron chi connectivity index (χ3n) is 6.19. The second kappa shape index (κ2) is 12.9. The van der Waals surface area contributed by atoms with E-state index in [2.05, 4.69) is 11.5 Å². The van der Waals surface area contributed by atoms with Crippen LogP contribution in [-0.4, -0.2) is 14.7 Å². The van der Waals surface area contributed by atoms with Gasteiger partial charge in [-0.2, -0.15) is 0 Å². The highest BCUT2D eigenvalue weighted by molar-refractivity contribution is 7.98. The smallest absolute Gasteiger partial charge is 0.168 e. The average Bonchev–Trinajstić information content (AvgIpc) is 3.29. The summed E-state index contributed by atoms with van der Waals surface area (Å²) in [5.41, 5.74) is 2.85. The maximum atomic E-state index is 14.2. The number of fused-ring (bicyclic) bond motifs is 1. The van der Waals surface area contributed by atoms with Crippen LogP contribution in [0.1, 0.15) is 56.0 Å². The van der Waals surface area contributed by atoms with Gasteiger partial charge in [0, 0.05) is 23.4 Å². The van der Waals surface area contributed by atoms with Crippen molar-refractivity contribution in [2.45, 2.75) is 63.1 Å². The number of benzene rings is 2. The molecule has 3 aromatic rings. The molecular weight excluding hydrogens is 521 g/mol. The number of hydrogen-bond donors (Lipinski definition) is 1. The van der Waals surface area contributed by atoms with Crippen molar-refractivity contribution in [3.8, 4) is 0 Å². The van der Waals surface area contributed by atoms with Gasteiger partial charge in [-0.15, -0.1) is 0 Å². The molecule has 0 fully saturated rings. The van der Waals surface area contributed by atoms with E-state index >= 15 is 0 Å². The molecule has 0 saturated carbocycles. The number of aliphatic hydroxyl groups excluding tert-OH is 1. The molecule has 0 radical (unpaired) electrons. The zero-order chi connectivity index (χ0) is 26.3. The summed E-state index contributed by atoms with van der Waals surface area (Å²) in [6.07, 6.45) is 7.89. The molecule has 4 rings (SSSR count). The van der Waals surface area contributed by atoms with Crippen LogP contribution in [-0.2, 0) is 24.3 Å². The molecule has 1 aliphatic rings. The Morgan fingerprint density at radius 3 is 2.58 bits per heavy atom. The van der Waals surface area contributed by atoms with E-state index in [0.717, 1.165) is 22.0 Å². The fourth-order valence-corrected chi connectivity index (χ4v) is 5.53. The SMILES string of the molecule is CC.CC1(c2ccc(Cl)c(Cl)c2)CC/C=C(F)\C=C/Cn2c1cnc2SCc1ccc(F)cc1CO. The standard InChI is InChI=1S/C26H24Cl2F2N2OS.C2H6/c1-26(19-7-9-22(27)23(28)13-19)10-2-4-20(29)5-3-11-32-24(26)14-31-25(32)34-16-17-6-8-21(30)12-18(17)15-33;1-2/h3-9,12-14,33H,2,10-11,15-16H2,1H3;1-2H3/b5-3-,20-4+;. The molecule has 1 aromatic heterocycles. The fourth-order valence-electron chi connectivity index (χ4n) is 4.21. The van der Waals surface area contributed by atoms with Crippen molar-refractivity contribution in [3.63, 3.8) is 0 Å². The average molecular weight is 552 g/mol. The minimum Gasteiger partial charge on any atom is -0.392 e. The van der Waals surface area contributed by atoms with Gasteiger partial charge in [0.05, 0.1) is 22.8 Å². The minimum absolute atomic E-state index is 0.239. The van der Waals surface area contributed by atoms with E-state index in [1.165, 1.54) is 30.0 Å². The van der Waals surface area contributed by atoms with Gasteiger partial charge in [-0.05, 0) is 72.9 Å². The first kappa shape index (κ1) is 28.5. The molecule has 0 saturated heterocycles. The van der Waals surface area contributed by atoms with Gasteiger partial charge in [0.25, 0.3) is 0 Å². The number of thioether (sulfide) groups is 1. The lowest BCUT2D eigenvalue weighted by Crippen LogP contribution is -2.27. The normalized spacial score (nSPS) is 19.9. The van der Waals surface area contributed by atoms with Crippen LogP contribution in [0, 0.1) is 5.82 Å². The first-order chi connectivity index (χ1) is 17.3. The first-order valence-corrected chi connectivity index (χ1v) is 13.6. The molecule has 1 aliphatic heterocycles. The summed E-state index contributed by atoms with van der Waals surface area (Å²) in [5.74, 6) is -0.143. The van der Waals surface area contributed by atoms with Crippen LogP contribution >= 0.6 is 35.0 Å². The molecule has 0 spiro atoms. The van der Waals surface area contributed by atoms with E-state index in [4.69, 9.17) is 28.2 Å². The molecule has 192 valence electrons. The van der Waals surface area contributed by atoms with Gasteiger partial charge in [0.15, 0.2) is 5.16 Å². The fraction of sp³-hybridized carbons (Fsp3) is 0.321. The molecule has 3 nitrogen and oxygen atoms in total. The highest BCUT2D eigenvalue weighted by Crippen LogP contribution is 2.41. The van der Waals surface area contributed by atoms with Crippen LogP contribution in [0.25, 0.3) is 0 Å². The number of aromatic nitrogens is 2. The lowest BCUT2D eigenvalue weighted by Gasteiger charge is -2.32. The van der Waals surface area contributed by atoms with Gasteiger partial charge >= 0.3 is 0 Å². The van der Waals surface area contributed by atoms with Crippen molar-refractivity contribution in [3.05, 3.63) is 105 Å². The summed E-state index contributed by atoms with van der Waals surface area (Å²) in [6, 6.07) is 10.0. The summed E-state index contributed by atoms with van der Waals surface area (Å²) in [6.45, 7) is 6.30. The topological polar surface area (TPSA) is 38.0 Å². The molecule has 1 unspecified atom stereocenters. The third-order valence-corrected chi connectivity index (χ3v) is 7.96. The van der Waals surface area contributed by atoms with E-state index in [1.807, 2.05) is 32.2 Å². The van der Waals surface area contributed by atoms with Gasteiger partial charge in [-0.1, -0.05) is 67.0 Å². The van der Waals surface area contributed by atoms with Gasteiger partial charge in [0.1, 0.15) is 11.6 Å². The molecule has 1 N–H and O–H groups in total. The van der Waals surface area contributed by atoms with E-state index in [1.54, 1.807) is 24.3 Å². The van der Waals surface area contributed by atoms with E-state index in [0.29, 0.717) is 40.7 Å². The van der Waals surface area contributed by atoms with E-state index < -0.39 is 5.41 Å². The Kier molecular flexibility index (Phi) is 10.2. The van der Waals surface area contributed by atoms with Crippen LogP contribution in [0.4, 0.5) is 8.78 Å². The molecular formula is C28H30Cl2F2N2OS. The molecule has 36 heavy (non-hydrogen) atoms. The highest BCUT2D eigenvalue weighted by atomic mass is 35.5. The van der Waals surface area contributed by atoms with E-state index in [9.17, 15) is 13.9 Å². The summed E-state index contributed by atoms with van der Waals surface area (Å²) < 4.78 is 29.9. The maximum absolute atomic E-state index is 14.2. The zero-order valence-electron chi connectivity index (χ0n) is 20.6. The molecule has 0 amide bonds. The van der Waals surface area contributed by atoms with Crippen molar-refractivity contribution in [1.29, 1.82) is 0 Å². The molecule has 2 heterocycles. The predicted molar refractivity (Wildman–Crippen MR) is 146 cm³/mol. The van der Waals surface area contributed by atoms with Crippen molar-refractivity contribution in [2.75, 3.05) is 0 Å². The summed E-state index contributed by atoms with van der Waals surface area (Å²) >= 11 is 14.0. The quantitative estimate of drug-likeness (QED) is 0.323. The largest absolute Gasteiger partial charge is 0.392 e. The van der Waals surface area contributed by atoms with Crippen LogP contribution in [0.5, 0.6) is 0 Å². The molecule has 0 bridgehead atoms. The minimum atomic E-state index is -0.492. The number of nitrogens with zero attached hydrogens (tertiary/aromatic N) is 2. The maximum Gasteiger partial charge on any atom is 0.168 e. The molecule has 1 atom stereocenters. The highest BCUT2D eigenvalue weighted by Gasteiger charge is 2.33. The van der Waals surface area contributed by atoms with Gasteiger partial charge < -0.3 is 9.67 Å². The van der Waals surface area contributed by atoms with Crippen molar-refractivity contribution >= 4 is 35.0 Å². The first-order valence-electron chi connectivity index (χ1n) is 11.9. The molecule has 2 aromatic carbocycles. The third kappa shape index (κ3) is 6.41. The summed E-state index contributed by atoms with van der Waals surface area (Å²) in [5, 5.41) is 11.3. The Hall–Kier alpha value is -2.12. The Labute approximate surface area is 225 Å². The second-order valence-electron chi connectivity index (χ2n) is 8.39. The summed E-state index contributed by atoms with van der Waals surface area (Å²) in [7, 11) is 0. The van der Waals surface area contributed by atoms with Crippen molar-refractivity contribution in [1.82, 2.24) is 9.55 Å². The Morgan fingerprint density at radius 2 is 1.86 bits per heavy atom. The van der Waals surface area contributed by atoms with Gasteiger partial charge in [-0.3, -0.25) is 0 Å². The lowest BCUT2D eigenvalue weighted by atomic mass is 9.75. The number of aliphatic hydroxyl groups is 1. The van der Waals surface area contributed by atoms with Crippen LogP contribution < -0.4 is 0 Å². The molecule has 0 aliphatic carbocycles. The van der Waals surface area contributed by atoms with E-state index in [-0.39, 0.29) is 18.3 Å². The predicted octanol–water partition coefficient (Wildman–Crippen LogP) is 8.65. The monoisotopic (exact) mass is 550 g/mol. The zero-order valence-corrected chi connectivity index (χ0v) is 22.9. The van der Waals surface area contributed by atoms with Gasteiger partial charge in [-0.25, -0.2) is 13.8 Å². The van der Waals surface area contributed by atoms with Crippen LogP contribution in [0.2, 0.25) is 10.0 Å². The number of rotatable bonds is 5. The van der Waals surface area contributed by atoms with Gasteiger partial charge in [0.2, 0.25) is 0 Å². The Balaban J connectivity index is 0.00000176. The van der Waals surface area contributed by atoms with Crippen molar-refractivity contribution in [2.24, 2.45) is 0 Å². The van der Waals surface area contributed by atoms with Crippen molar-refractivity contribution < 1.29 is 13.9 Å². The number of allylic oxidation sites excluding steroid dienone is 4. The number of halogens is 4. The Morgan fingerprint density at radius 1 is 1.08 bits per heavy atom. The van der Waals surface area contributed by atoms with Crippen LogP contribution in [0.15, 0.2) is 71.8 Å². The Bertz CT molecular complexity index is 1260. The summed E-state index contributed by atoms with van der Waals surface area (Å²) in [4.78, 5) is 4.70. The molecule has 8 heteroatoms.